The summed E-state index contributed by atoms with van der Waals surface area (Å²) < 4.78 is 33.9. The van der Waals surface area contributed by atoms with Crippen molar-refractivity contribution in [3.05, 3.63) is 88.9 Å². The van der Waals surface area contributed by atoms with E-state index in [0.29, 0.717) is 23.0 Å². The number of amides is 1. The van der Waals surface area contributed by atoms with Gasteiger partial charge >= 0.3 is 0 Å². The molecule has 0 fully saturated rings. The molecule has 1 aliphatic heterocycles. The monoisotopic (exact) mass is 516 g/mol. The van der Waals surface area contributed by atoms with E-state index in [9.17, 15) is 13.2 Å². The van der Waals surface area contributed by atoms with E-state index in [1.54, 1.807) is 36.0 Å². The van der Waals surface area contributed by atoms with E-state index in [1.165, 1.54) is 39.7 Å². The average molecular weight is 517 g/mol. The Bertz CT molecular complexity index is 1270. The third-order valence-electron chi connectivity index (χ3n) is 5.33. The number of nitrogens with one attached hydrogen (secondary N) is 1. The van der Waals surface area contributed by atoms with Crippen LogP contribution < -0.4 is 14.4 Å². The second kappa shape index (κ2) is 10.7. The number of anilines is 1. The highest BCUT2D eigenvalue weighted by atomic mass is 35.5. The number of sulfonamides is 1. The highest BCUT2D eigenvalue weighted by Crippen LogP contribution is 2.37. The molecule has 1 amide bonds. The van der Waals surface area contributed by atoms with E-state index in [1.807, 2.05) is 6.07 Å². The van der Waals surface area contributed by atoms with Gasteiger partial charge in [-0.05, 0) is 48.9 Å². The highest BCUT2D eigenvalue weighted by molar-refractivity contribution is 7.98. The van der Waals surface area contributed by atoms with Crippen molar-refractivity contribution >= 4 is 45.0 Å². The van der Waals surface area contributed by atoms with E-state index in [-0.39, 0.29) is 17.3 Å². The lowest BCUT2D eigenvalue weighted by Gasteiger charge is -2.34. The third-order valence-corrected chi connectivity index (χ3v) is 8.40. The average Bonchev–Trinajstić information content (AvgIpc) is 2.83. The summed E-state index contributed by atoms with van der Waals surface area (Å²) in [6.07, 6.45) is -0.959. The van der Waals surface area contributed by atoms with Crippen molar-refractivity contribution in [2.24, 2.45) is 0 Å². The van der Waals surface area contributed by atoms with Gasteiger partial charge < -0.3 is 10.1 Å². The van der Waals surface area contributed by atoms with Crippen molar-refractivity contribution in [3.8, 4) is 5.75 Å². The molecule has 1 heterocycles. The third kappa shape index (κ3) is 5.68. The first-order valence-electron chi connectivity index (χ1n) is 10.8. The second-order valence-electron chi connectivity index (χ2n) is 7.90. The normalized spacial score (nSPS) is 15.4. The molecule has 1 aliphatic rings. The van der Waals surface area contributed by atoms with Crippen molar-refractivity contribution in [1.29, 1.82) is 0 Å². The maximum atomic E-state index is 13.4. The molecule has 0 saturated carbocycles. The minimum atomic E-state index is -3.91. The maximum Gasteiger partial charge on any atom is 0.264 e. The molecule has 9 heteroatoms. The van der Waals surface area contributed by atoms with E-state index in [0.717, 1.165) is 11.5 Å². The first-order chi connectivity index (χ1) is 16.3. The number of aryl methyl sites for hydroxylation is 1. The van der Waals surface area contributed by atoms with Gasteiger partial charge in [0, 0.05) is 23.1 Å². The zero-order valence-electron chi connectivity index (χ0n) is 18.6. The molecule has 0 radical (unpaired) electrons. The van der Waals surface area contributed by atoms with Gasteiger partial charge in [0.05, 0.1) is 17.1 Å². The molecule has 4 rings (SSSR count). The number of hydrogen-bond donors (Lipinski definition) is 1. The Morgan fingerprint density at radius 2 is 1.88 bits per heavy atom. The Morgan fingerprint density at radius 3 is 2.65 bits per heavy atom. The van der Waals surface area contributed by atoms with Crippen LogP contribution in [-0.2, 0) is 20.6 Å². The number of halogens is 1. The van der Waals surface area contributed by atoms with Crippen molar-refractivity contribution in [3.63, 3.8) is 0 Å². The Kier molecular flexibility index (Phi) is 7.70. The topological polar surface area (TPSA) is 75.7 Å². The van der Waals surface area contributed by atoms with Gasteiger partial charge in [-0.25, -0.2) is 8.42 Å². The molecule has 3 aromatic rings. The predicted molar refractivity (Wildman–Crippen MR) is 137 cm³/mol. The van der Waals surface area contributed by atoms with Gasteiger partial charge in [0.15, 0.2) is 6.10 Å². The summed E-state index contributed by atoms with van der Waals surface area (Å²) >= 11 is 7.65. The lowest BCUT2D eigenvalue weighted by atomic mass is 10.2. The Hall–Kier alpha value is -2.68. The van der Waals surface area contributed by atoms with Crippen LogP contribution >= 0.6 is 23.4 Å². The van der Waals surface area contributed by atoms with Crippen LogP contribution in [0.5, 0.6) is 5.75 Å². The first kappa shape index (κ1) is 24.4. The summed E-state index contributed by atoms with van der Waals surface area (Å²) in [5.41, 5.74) is 2.86. The number of benzene rings is 3. The standard InChI is InChI=1S/C25H25ClN2O4S2/c1-18-5-4-6-19(15-18)17-33-14-13-27-25(29)24-16-28(22-7-2-3-8-23(22)32-24)34(30,31)21-11-9-20(26)10-12-21/h2-12,15,24H,13-14,16-17H2,1H3,(H,27,29)/t24-/m0/s1. The zero-order chi connectivity index (χ0) is 24.1. The van der Waals surface area contributed by atoms with Crippen LogP contribution in [0.3, 0.4) is 0 Å². The molecule has 6 nitrogen and oxygen atoms in total. The number of rotatable bonds is 8. The molecule has 0 saturated heterocycles. The summed E-state index contributed by atoms with van der Waals surface area (Å²) in [5, 5.41) is 3.32. The van der Waals surface area contributed by atoms with Crippen molar-refractivity contribution in [1.82, 2.24) is 5.32 Å². The molecule has 0 aromatic heterocycles. The summed E-state index contributed by atoms with van der Waals surface area (Å²) in [6.45, 7) is 2.40. The van der Waals surface area contributed by atoms with Gasteiger partial charge in [-0.1, -0.05) is 53.6 Å². The van der Waals surface area contributed by atoms with Gasteiger partial charge in [0.2, 0.25) is 0 Å². The fourth-order valence-electron chi connectivity index (χ4n) is 3.65. The van der Waals surface area contributed by atoms with E-state index < -0.39 is 16.1 Å². The Balaban J connectivity index is 1.41. The lowest BCUT2D eigenvalue weighted by molar-refractivity contribution is -0.127. The SMILES string of the molecule is Cc1cccc(CSCCNC(=O)[C@@H]2CN(S(=O)(=O)c3ccc(Cl)cc3)c3ccccc3O2)c1. The lowest BCUT2D eigenvalue weighted by Crippen LogP contribution is -2.51. The van der Waals surface area contributed by atoms with Gasteiger partial charge in [-0.2, -0.15) is 11.8 Å². The molecule has 3 aromatic carbocycles. The fraction of sp³-hybridized carbons (Fsp3) is 0.240. The Morgan fingerprint density at radius 1 is 1.12 bits per heavy atom. The molecule has 1 atom stereocenters. The molecule has 0 unspecified atom stereocenters. The summed E-state index contributed by atoms with van der Waals surface area (Å²) in [7, 11) is -3.91. The molecule has 1 N–H and O–H groups in total. The Labute approximate surface area is 209 Å². The van der Waals surface area contributed by atoms with Crippen molar-refractivity contribution < 1.29 is 17.9 Å². The largest absolute Gasteiger partial charge is 0.476 e. The summed E-state index contributed by atoms with van der Waals surface area (Å²) in [4.78, 5) is 13.0. The van der Waals surface area contributed by atoms with Gasteiger partial charge in [0.1, 0.15) is 5.75 Å². The van der Waals surface area contributed by atoms with Crippen LogP contribution in [0, 0.1) is 6.92 Å². The zero-order valence-corrected chi connectivity index (χ0v) is 21.0. The van der Waals surface area contributed by atoms with Crippen LogP contribution in [-0.4, -0.2) is 39.3 Å². The van der Waals surface area contributed by atoms with Crippen LogP contribution in [0.2, 0.25) is 5.02 Å². The number of hydrogen-bond acceptors (Lipinski definition) is 5. The van der Waals surface area contributed by atoms with E-state index >= 15 is 0 Å². The number of thioether (sulfide) groups is 1. The van der Waals surface area contributed by atoms with Crippen LogP contribution in [0.25, 0.3) is 0 Å². The quantitative estimate of drug-likeness (QED) is 0.441. The second-order valence-corrected chi connectivity index (χ2v) is 11.3. The van der Waals surface area contributed by atoms with E-state index in [4.69, 9.17) is 16.3 Å². The first-order valence-corrected chi connectivity index (χ1v) is 13.8. The molecule has 0 spiro atoms. The minimum absolute atomic E-state index is 0.0975. The smallest absolute Gasteiger partial charge is 0.264 e. The number of para-hydroxylation sites is 2. The van der Waals surface area contributed by atoms with E-state index in [2.05, 4.69) is 30.4 Å². The molecular weight excluding hydrogens is 492 g/mol. The molecule has 0 aliphatic carbocycles. The highest BCUT2D eigenvalue weighted by Gasteiger charge is 2.37. The number of nitrogens with zero attached hydrogens (tertiary/aromatic N) is 1. The number of ether oxygens (including phenoxy) is 1. The maximum absolute atomic E-state index is 13.4. The molecule has 34 heavy (non-hydrogen) atoms. The number of fused-ring (bicyclic) bond motifs is 1. The number of carbonyl (C=O) groups excluding carboxylic acids is 1. The van der Waals surface area contributed by atoms with Crippen molar-refractivity contribution in [2.45, 2.75) is 23.7 Å². The minimum Gasteiger partial charge on any atom is -0.476 e. The summed E-state index contributed by atoms with van der Waals surface area (Å²) in [5.74, 6) is 1.59. The summed E-state index contributed by atoms with van der Waals surface area (Å²) in [6, 6.07) is 21.1. The van der Waals surface area contributed by atoms with Crippen LogP contribution in [0.15, 0.2) is 77.7 Å². The van der Waals surface area contributed by atoms with Crippen LogP contribution in [0.1, 0.15) is 11.1 Å². The van der Waals surface area contributed by atoms with Crippen LogP contribution in [0.4, 0.5) is 5.69 Å². The molecule has 0 bridgehead atoms. The fourth-order valence-corrected chi connectivity index (χ4v) is 6.06. The predicted octanol–water partition coefficient (Wildman–Crippen LogP) is 4.65. The number of carbonyl (C=O) groups is 1. The molecular formula is C25H25ClN2O4S2. The van der Waals surface area contributed by atoms with Gasteiger partial charge in [-0.15, -0.1) is 0 Å². The van der Waals surface area contributed by atoms with Gasteiger partial charge in [0.25, 0.3) is 15.9 Å². The molecule has 178 valence electrons. The van der Waals surface area contributed by atoms with Crippen molar-refractivity contribution in [2.75, 3.05) is 23.1 Å². The van der Waals surface area contributed by atoms with Gasteiger partial charge in [-0.3, -0.25) is 9.10 Å².